The molecule has 3 heterocycles. The number of likely N-dealkylation sites (N-methyl/N-ethyl adjacent to an activating group) is 1. The van der Waals surface area contributed by atoms with E-state index in [2.05, 4.69) is 10.3 Å². The van der Waals surface area contributed by atoms with Gasteiger partial charge in [-0.25, -0.2) is 4.98 Å². The van der Waals surface area contributed by atoms with E-state index in [0.717, 1.165) is 5.56 Å². The van der Waals surface area contributed by atoms with Gasteiger partial charge in [-0.15, -0.1) is 0 Å². The molecule has 0 saturated carbocycles. The molecular formula is C37H41N5O7. The average Bonchev–Trinajstić information content (AvgIpc) is 3.09. The Hall–Kier alpha value is -5.23. The molecule has 0 radical (unpaired) electrons. The van der Waals surface area contributed by atoms with Crippen LogP contribution in [0.2, 0.25) is 0 Å². The minimum absolute atomic E-state index is 0.111. The first-order valence-corrected chi connectivity index (χ1v) is 16.6. The highest BCUT2D eigenvalue weighted by Gasteiger charge is 2.34. The van der Waals surface area contributed by atoms with Crippen LogP contribution in [0.3, 0.4) is 0 Å². The van der Waals surface area contributed by atoms with Crippen LogP contribution >= 0.6 is 0 Å². The number of fused-ring (bicyclic) bond motifs is 6. The summed E-state index contributed by atoms with van der Waals surface area (Å²) in [5, 5.41) is 3.56. The SMILES string of the molecule is CC(C)COc1cc2cc(c1)C(=O)N(C)CC(=O)N[C@H]1CCN(C(=O)CCn3cnc4ccccc4c3=O)C[C@@H]1OCc1cccc(c1)O2. The Morgan fingerprint density at radius 1 is 1.04 bits per heavy atom. The number of nitrogens with one attached hydrogen (secondary N) is 1. The van der Waals surface area contributed by atoms with E-state index in [1.54, 1.807) is 48.3 Å². The standard InChI is InChI=1S/C37H41N5O7/c1-24(2)21-47-28-16-26-17-29(18-28)49-27-8-6-7-25(15-27)22-48-33-19-41(13-11-32(33)39-34(43)20-40(3)36(26)45)35(44)12-14-42-23-38-31-10-5-4-9-30(31)37(42)46/h4-10,15-18,23-24,32-33H,11-14,19-22H2,1-3H3,(H,39,43)/t32-,33-/m0/s1. The number of hydrogen-bond acceptors (Lipinski definition) is 8. The molecule has 2 aliphatic heterocycles. The Morgan fingerprint density at radius 3 is 2.71 bits per heavy atom. The fourth-order valence-electron chi connectivity index (χ4n) is 6.02. The Morgan fingerprint density at radius 2 is 1.88 bits per heavy atom. The lowest BCUT2D eigenvalue weighted by atomic mass is 10.0. The highest BCUT2D eigenvalue weighted by molar-refractivity contribution is 5.97. The maximum absolute atomic E-state index is 13.5. The molecule has 1 fully saturated rings. The molecule has 1 N–H and O–H groups in total. The number of aryl methyl sites for hydroxylation is 1. The zero-order valence-corrected chi connectivity index (χ0v) is 28.0. The van der Waals surface area contributed by atoms with E-state index in [9.17, 15) is 19.2 Å². The molecule has 4 bridgehead atoms. The molecule has 49 heavy (non-hydrogen) atoms. The molecule has 4 aromatic rings. The van der Waals surface area contributed by atoms with Crippen molar-refractivity contribution in [2.24, 2.45) is 5.92 Å². The van der Waals surface area contributed by atoms with Crippen molar-refractivity contribution in [3.05, 3.63) is 94.5 Å². The van der Waals surface area contributed by atoms with Crippen molar-refractivity contribution in [2.45, 2.75) is 52.0 Å². The predicted octanol–water partition coefficient (Wildman–Crippen LogP) is 4.00. The number of rotatable bonds is 6. The average molecular weight is 668 g/mol. The van der Waals surface area contributed by atoms with Gasteiger partial charge >= 0.3 is 0 Å². The van der Waals surface area contributed by atoms with Crippen LogP contribution in [-0.4, -0.2) is 82.5 Å². The highest BCUT2D eigenvalue weighted by atomic mass is 16.5. The van der Waals surface area contributed by atoms with Crippen LogP contribution in [0, 0.1) is 5.92 Å². The van der Waals surface area contributed by atoms with Gasteiger partial charge < -0.3 is 29.3 Å². The molecule has 2 atom stereocenters. The van der Waals surface area contributed by atoms with Gasteiger partial charge in [0.05, 0.1) is 49.1 Å². The molecule has 256 valence electrons. The van der Waals surface area contributed by atoms with E-state index in [1.165, 1.54) is 15.8 Å². The van der Waals surface area contributed by atoms with Gasteiger partial charge in [0.1, 0.15) is 17.2 Å². The van der Waals surface area contributed by atoms with E-state index in [4.69, 9.17) is 14.2 Å². The van der Waals surface area contributed by atoms with Gasteiger partial charge in [0.15, 0.2) is 0 Å². The lowest BCUT2D eigenvalue weighted by Gasteiger charge is -2.39. The molecule has 2 aliphatic rings. The largest absolute Gasteiger partial charge is 0.493 e. The first-order chi connectivity index (χ1) is 23.6. The molecule has 12 nitrogen and oxygen atoms in total. The van der Waals surface area contributed by atoms with Crippen LogP contribution in [-0.2, 0) is 27.5 Å². The molecule has 0 unspecified atom stereocenters. The lowest BCUT2D eigenvalue weighted by Crippen LogP contribution is -2.57. The van der Waals surface area contributed by atoms with Gasteiger partial charge in [-0.1, -0.05) is 38.1 Å². The Labute approximate surface area is 284 Å². The Balaban J connectivity index is 1.19. The molecule has 12 heteroatoms. The summed E-state index contributed by atoms with van der Waals surface area (Å²) in [6.45, 7) is 5.44. The number of hydrogen-bond donors (Lipinski definition) is 1. The minimum atomic E-state index is -0.515. The minimum Gasteiger partial charge on any atom is -0.493 e. The Kier molecular flexibility index (Phi) is 10.2. The van der Waals surface area contributed by atoms with E-state index in [0.29, 0.717) is 53.3 Å². The van der Waals surface area contributed by atoms with Crippen LogP contribution in [0.15, 0.2) is 77.9 Å². The van der Waals surface area contributed by atoms with Gasteiger partial charge in [-0.05, 0) is 54.3 Å². The first-order valence-electron chi connectivity index (χ1n) is 16.6. The third kappa shape index (κ3) is 8.26. The van der Waals surface area contributed by atoms with Crippen molar-refractivity contribution < 1.29 is 28.6 Å². The second-order valence-corrected chi connectivity index (χ2v) is 13.0. The number of piperidine rings is 1. The van der Waals surface area contributed by atoms with Gasteiger partial charge in [0, 0.05) is 44.7 Å². The highest BCUT2D eigenvalue weighted by Crippen LogP contribution is 2.30. The Bertz CT molecular complexity index is 1910. The number of benzene rings is 3. The fraction of sp³-hybridized carbons (Fsp3) is 0.378. The smallest absolute Gasteiger partial charge is 0.261 e. The molecule has 0 spiro atoms. The van der Waals surface area contributed by atoms with Crippen LogP contribution < -0.4 is 20.3 Å². The maximum Gasteiger partial charge on any atom is 0.261 e. The molecule has 3 amide bonds. The van der Waals surface area contributed by atoms with E-state index in [-0.39, 0.29) is 67.9 Å². The molecule has 0 aliphatic carbocycles. The predicted molar refractivity (Wildman–Crippen MR) is 183 cm³/mol. The van der Waals surface area contributed by atoms with Crippen LogP contribution in [0.4, 0.5) is 0 Å². The van der Waals surface area contributed by atoms with E-state index < -0.39 is 6.10 Å². The van der Waals surface area contributed by atoms with Crippen molar-refractivity contribution in [3.63, 3.8) is 0 Å². The molecule has 1 aromatic heterocycles. The fourth-order valence-corrected chi connectivity index (χ4v) is 6.02. The van der Waals surface area contributed by atoms with Crippen LogP contribution in [0.25, 0.3) is 10.9 Å². The summed E-state index contributed by atoms with van der Waals surface area (Å²) in [4.78, 5) is 60.5. The number of amides is 3. The molecule has 6 rings (SSSR count). The number of carbonyl (C=O) groups excluding carboxylic acids is 3. The number of carbonyl (C=O) groups is 3. The van der Waals surface area contributed by atoms with Gasteiger partial charge in [0.2, 0.25) is 11.8 Å². The third-order valence-corrected chi connectivity index (χ3v) is 8.59. The molecule has 1 saturated heterocycles. The topological polar surface area (TPSA) is 132 Å². The van der Waals surface area contributed by atoms with Crippen LogP contribution in [0.5, 0.6) is 17.2 Å². The first kappa shape index (κ1) is 33.7. The van der Waals surface area contributed by atoms with E-state index in [1.807, 2.05) is 44.2 Å². The van der Waals surface area contributed by atoms with Crippen molar-refractivity contribution in [3.8, 4) is 17.2 Å². The third-order valence-electron chi connectivity index (χ3n) is 8.59. The molecule has 3 aromatic carbocycles. The van der Waals surface area contributed by atoms with Crippen molar-refractivity contribution in [2.75, 3.05) is 33.3 Å². The summed E-state index contributed by atoms with van der Waals surface area (Å²) in [6.07, 6.45) is 1.53. The summed E-state index contributed by atoms with van der Waals surface area (Å²) in [7, 11) is 1.57. The van der Waals surface area contributed by atoms with E-state index >= 15 is 0 Å². The quantitative estimate of drug-likeness (QED) is 0.327. The summed E-state index contributed by atoms with van der Waals surface area (Å²) in [6, 6.07) is 19.2. The zero-order valence-electron chi connectivity index (χ0n) is 28.0. The number of likely N-dealkylation sites (tertiary alicyclic amines) is 1. The second-order valence-electron chi connectivity index (χ2n) is 13.0. The summed E-state index contributed by atoms with van der Waals surface area (Å²) in [5.41, 5.74) is 1.59. The van der Waals surface area contributed by atoms with Gasteiger partial charge in [-0.2, -0.15) is 0 Å². The van der Waals surface area contributed by atoms with Gasteiger partial charge in [-0.3, -0.25) is 23.7 Å². The summed E-state index contributed by atoms with van der Waals surface area (Å²) < 4.78 is 20.0. The number of para-hydroxylation sites is 1. The van der Waals surface area contributed by atoms with Crippen molar-refractivity contribution in [1.29, 1.82) is 0 Å². The summed E-state index contributed by atoms with van der Waals surface area (Å²) in [5.74, 6) is 0.947. The number of ether oxygens (including phenoxy) is 3. The lowest BCUT2D eigenvalue weighted by molar-refractivity contribution is -0.137. The molecular weight excluding hydrogens is 626 g/mol. The zero-order chi connectivity index (χ0) is 34.5. The number of nitrogens with zero attached hydrogens (tertiary/aromatic N) is 4. The second kappa shape index (κ2) is 14.9. The maximum atomic E-state index is 13.5. The number of aromatic nitrogens is 2. The normalized spacial score (nSPS) is 18.5. The monoisotopic (exact) mass is 667 g/mol. The van der Waals surface area contributed by atoms with Crippen LogP contribution in [0.1, 0.15) is 42.6 Å². The van der Waals surface area contributed by atoms with Gasteiger partial charge in [0.25, 0.3) is 11.5 Å². The van der Waals surface area contributed by atoms with Crippen molar-refractivity contribution in [1.82, 2.24) is 24.7 Å². The summed E-state index contributed by atoms with van der Waals surface area (Å²) >= 11 is 0. The van der Waals surface area contributed by atoms with Crippen molar-refractivity contribution >= 4 is 28.6 Å².